The lowest BCUT2D eigenvalue weighted by Gasteiger charge is -2.16. The topological polar surface area (TPSA) is 72.5 Å². The molecular formula is C12H14ClF2NO4S. The van der Waals surface area contributed by atoms with E-state index in [2.05, 4.69) is 5.32 Å². The zero-order chi connectivity index (χ0) is 16.2. The van der Waals surface area contributed by atoms with Gasteiger partial charge in [-0.3, -0.25) is 4.79 Å². The summed E-state index contributed by atoms with van der Waals surface area (Å²) in [5.41, 5.74) is -0.606. The average Bonchev–Trinajstić information content (AvgIpc) is 2.36. The van der Waals surface area contributed by atoms with Crippen LogP contribution in [0.25, 0.3) is 0 Å². The first-order valence-corrected chi connectivity index (χ1v) is 8.25. The summed E-state index contributed by atoms with van der Waals surface area (Å²) in [6, 6.07) is 0.492. The molecule has 0 spiro atoms. The second kappa shape index (κ2) is 7.15. The lowest BCUT2D eigenvalue weighted by Crippen LogP contribution is -2.38. The van der Waals surface area contributed by atoms with E-state index in [9.17, 15) is 22.0 Å². The molecule has 1 unspecified atom stereocenters. The van der Waals surface area contributed by atoms with Crippen LogP contribution in [-0.4, -0.2) is 34.1 Å². The van der Waals surface area contributed by atoms with Crippen LogP contribution in [0.15, 0.2) is 17.0 Å². The number of hydrogen-bond acceptors (Lipinski definition) is 4. The van der Waals surface area contributed by atoms with Gasteiger partial charge >= 0.3 is 0 Å². The van der Waals surface area contributed by atoms with E-state index in [0.717, 1.165) is 0 Å². The van der Waals surface area contributed by atoms with Crippen LogP contribution in [0.4, 0.5) is 8.78 Å². The van der Waals surface area contributed by atoms with Gasteiger partial charge in [-0.15, -0.1) is 0 Å². The first-order valence-electron chi connectivity index (χ1n) is 5.94. The third-order valence-corrected chi connectivity index (χ3v) is 4.06. The standard InChI is InChI=1S/C12H14ClF2NO4S/c1-3-7(6-20-2)16-12(17)8-4-11(21(13,18)19)10(15)5-9(8)14/h4-5,7H,3,6H2,1-2H3,(H,16,17). The predicted octanol–water partition coefficient (Wildman–Crippen LogP) is 2.05. The normalized spacial score (nSPS) is 13.0. The van der Waals surface area contributed by atoms with E-state index in [1.807, 2.05) is 0 Å². The van der Waals surface area contributed by atoms with Gasteiger partial charge in [-0.25, -0.2) is 17.2 Å². The Bertz CT molecular complexity index is 636. The molecule has 1 aromatic carbocycles. The number of rotatable bonds is 6. The van der Waals surface area contributed by atoms with Gasteiger partial charge < -0.3 is 10.1 Å². The molecule has 0 aliphatic carbocycles. The number of methoxy groups -OCH3 is 1. The maximum atomic E-state index is 13.6. The molecule has 0 aliphatic rings. The molecule has 0 saturated carbocycles. The summed E-state index contributed by atoms with van der Waals surface area (Å²) in [6.07, 6.45) is 0.517. The second-order valence-electron chi connectivity index (χ2n) is 4.23. The van der Waals surface area contributed by atoms with Gasteiger partial charge in [0.1, 0.15) is 16.5 Å². The van der Waals surface area contributed by atoms with Gasteiger partial charge in [0.05, 0.1) is 18.2 Å². The third kappa shape index (κ3) is 4.62. The summed E-state index contributed by atoms with van der Waals surface area (Å²) in [4.78, 5) is 11.0. The number of amides is 1. The van der Waals surface area contributed by atoms with Gasteiger partial charge in [0.2, 0.25) is 0 Å². The smallest absolute Gasteiger partial charge is 0.264 e. The number of nitrogens with one attached hydrogen (secondary N) is 1. The Morgan fingerprint density at radius 2 is 2.00 bits per heavy atom. The first-order chi connectivity index (χ1) is 9.70. The summed E-state index contributed by atoms with van der Waals surface area (Å²) in [5.74, 6) is -3.41. The van der Waals surface area contributed by atoms with Crippen molar-refractivity contribution in [3.8, 4) is 0 Å². The third-order valence-electron chi connectivity index (χ3n) is 2.72. The molecule has 0 saturated heterocycles. The molecule has 0 heterocycles. The van der Waals surface area contributed by atoms with Crippen molar-refractivity contribution in [2.75, 3.05) is 13.7 Å². The first kappa shape index (κ1) is 17.8. The van der Waals surface area contributed by atoms with E-state index in [1.54, 1.807) is 6.92 Å². The van der Waals surface area contributed by atoms with Crippen molar-refractivity contribution < 1.29 is 26.7 Å². The predicted molar refractivity (Wildman–Crippen MR) is 72.8 cm³/mol. The maximum Gasteiger partial charge on any atom is 0.264 e. The number of halogens is 3. The Hall–Kier alpha value is -1.25. The van der Waals surface area contributed by atoms with E-state index in [1.165, 1.54) is 7.11 Å². The summed E-state index contributed by atoms with van der Waals surface area (Å²) in [5, 5.41) is 2.46. The molecule has 21 heavy (non-hydrogen) atoms. The Morgan fingerprint density at radius 3 is 2.48 bits per heavy atom. The van der Waals surface area contributed by atoms with Crippen LogP contribution in [0.1, 0.15) is 23.7 Å². The molecule has 5 nitrogen and oxygen atoms in total. The van der Waals surface area contributed by atoms with Gasteiger partial charge in [0, 0.05) is 23.9 Å². The Kier molecular flexibility index (Phi) is 6.06. The molecular weight excluding hydrogens is 328 g/mol. The van der Waals surface area contributed by atoms with E-state index in [4.69, 9.17) is 15.4 Å². The highest BCUT2D eigenvalue weighted by Crippen LogP contribution is 2.22. The summed E-state index contributed by atoms with van der Waals surface area (Å²) in [7, 11) is 2.04. The fourth-order valence-corrected chi connectivity index (χ4v) is 2.52. The van der Waals surface area contributed by atoms with E-state index in [0.29, 0.717) is 18.6 Å². The maximum absolute atomic E-state index is 13.6. The van der Waals surface area contributed by atoms with Gasteiger partial charge in [-0.2, -0.15) is 0 Å². The van der Waals surface area contributed by atoms with Crippen molar-refractivity contribution >= 4 is 25.6 Å². The highest BCUT2D eigenvalue weighted by atomic mass is 35.7. The molecule has 0 aliphatic heterocycles. The van der Waals surface area contributed by atoms with Crippen molar-refractivity contribution in [3.63, 3.8) is 0 Å². The van der Waals surface area contributed by atoms with Crippen LogP contribution < -0.4 is 5.32 Å². The van der Waals surface area contributed by atoms with Crippen LogP contribution in [0, 0.1) is 11.6 Å². The molecule has 9 heteroatoms. The second-order valence-corrected chi connectivity index (χ2v) is 6.77. The number of carbonyl (C=O) groups excluding carboxylic acids is 1. The van der Waals surface area contributed by atoms with Crippen molar-refractivity contribution in [2.24, 2.45) is 0 Å². The molecule has 1 N–H and O–H groups in total. The Labute approximate surface area is 125 Å². The van der Waals surface area contributed by atoms with Gasteiger partial charge in [-0.1, -0.05) is 6.92 Å². The lowest BCUT2D eigenvalue weighted by molar-refractivity contribution is 0.0890. The number of carbonyl (C=O) groups is 1. The van der Waals surface area contributed by atoms with Crippen molar-refractivity contribution in [2.45, 2.75) is 24.3 Å². The lowest BCUT2D eigenvalue weighted by atomic mass is 10.1. The monoisotopic (exact) mass is 341 g/mol. The van der Waals surface area contributed by atoms with Gasteiger partial charge in [-0.05, 0) is 12.5 Å². The zero-order valence-electron chi connectivity index (χ0n) is 11.3. The minimum absolute atomic E-state index is 0.200. The average molecular weight is 342 g/mol. The minimum Gasteiger partial charge on any atom is -0.383 e. The van der Waals surface area contributed by atoms with Crippen molar-refractivity contribution in [1.82, 2.24) is 5.32 Å². The molecule has 0 aromatic heterocycles. The van der Waals surface area contributed by atoms with Gasteiger partial charge in [0.25, 0.3) is 15.0 Å². The number of benzene rings is 1. The fourth-order valence-electron chi connectivity index (χ4n) is 1.62. The highest BCUT2D eigenvalue weighted by molar-refractivity contribution is 8.13. The minimum atomic E-state index is -4.42. The molecule has 1 amide bonds. The van der Waals surface area contributed by atoms with Crippen LogP contribution in [-0.2, 0) is 13.8 Å². The van der Waals surface area contributed by atoms with Crippen LogP contribution in [0.3, 0.4) is 0 Å². The molecule has 0 fully saturated rings. The van der Waals surface area contributed by atoms with Gasteiger partial charge in [0.15, 0.2) is 0 Å². The molecule has 0 bridgehead atoms. The Morgan fingerprint density at radius 1 is 1.38 bits per heavy atom. The van der Waals surface area contributed by atoms with Crippen LogP contribution in [0.2, 0.25) is 0 Å². The van der Waals surface area contributed by atoms with E-state index in [-0.39, 0.29) is 12.6 Å². The van der Waals surface area contributed by atoms with Crippen molar-refractivity contribution in [1.29, 1.82) is 0 Å². The number of hydrogen-bond donors (Lipinski definition) is 1. The zero-order valence-corrected chi connectivity index (χ0v) is 12.9. The summed E-state index contributed by atoms with van der Waals surface area (Å²) in [6.45, 7) is 1.98. The van der Waals surface area contributed by atoms with Crippen LogP contribution in [0.5, 0.6) is 0 Å². The summed E-state index contributed by atoms with van der Waals surface area (Å²) < 4.78 is 54.2. The highest BCUT2D eigenvalue weighted by Gasteiger charge is 2.23. The van der Waals surface area contributed by atoms with Crippen molar-refractivity contribution in [3.05, 3.63) is 29.3 Å². The molecule has 0 radical (unpaired) electrons. The quantitative estimate of drug-likeness (QED) is 0.804. The summed E-state index contributed by atoms with van der Waals surface area (Å²) >= 11 is 0. The van der Waals surface area contributed by atoms with E-state index >= 15 is 0 Å². The van der Waals surface area contributed by atoms with E-state index < -0.39 is 37.1 Å². The molecule has 1 atom stereocenters. The van der Waals surface area contributed by atoms with Crippen LogP contribution >= 0.6 is 10.7 Å². The number of ether oxygens (including phenoxy) is 1. The SMILES string of the molecule is CCC(COC)NC(=O)c1cc(S(=O)(=O)Cl)c(F)cc1F. The largest absolute Gasteiger partial charge is 0.383 e. The molecule has 1 rings (SSSR count). The Balaban J connectivity index is 3.15. The molecule has 1 aromatic rings. The fraction of sp³-hybridized carbons (Fsp3) is 0.417. The molecule has 118 valence electrons.